The van der Waals surface area contributed by atoms with Crippen molar-refractivity contribution in [1.29, 1.82) is 0 Å². The van der Waals surface area contributed by atoms with Gasteiger partial charge in [0.25, 0.3) is 0 Å². The fourth-order valence-corrected chi connectivity index (χ4v) is 7.79. The zero-order chi connectivity index (χ0) is 21.9. The largest absolute Gasteiger partial charge is 1.00 e. The molecule has 0 aliphatic heterocycles. The number of ether oxygens (including phenoxy) is 1. The quantitative estimate of drug-likeness (QED) is 0.438. The molecule has 4 aliphatic rings. The number of allylic oxidation sites excluding steroid dienone is 1. The Morgan fingerprint density at radius 1 is 1.19 bits per heavy atom. The number of ketones is 1. The van der Waals surface area contributed by atoms with E-state index in [1.807, 2.05) is 0 Å². The standard InChI is InChI=1S/C24H34O6.K/c1-22-8-4-15(25)12-14(22)13-16(21(28)30-3)20-17(22)5-9-23(2)18(20)6-10-24(23,29)11-7-19(26)27;/h12,16-18,20,29H,4-11,13H2,1-3H3,(H,26,27);/q;+1/p-1/t16-,17+,18+,20-,22+,23+,24-;/m1./s1. The molecule has 31 heavy (non-hydrogen) atoms. The molecule has 0 spiro atoms. The molecule has 0 aromatic rings. The minimum absolute atomic E-state index is 0. The van der Waals surface area contributed by atoms with Gasteiger partial charge in [-0.1, -0.05) is 19.4 Å². The minimum atomic E-state index is -1.14. The van der Waals surface area contributed by atoms with Gasteiger partial charge in [-0.25, -0.2) is 0 Å². The number of carboxylic acid groups (broad SMARTS) is 1. The summed E-state index contributed by atoms with van der Waals surface area (Å²) in [5.74, 6) is -1.09. The Bertz CT molecular complexity index is 808. The van der Waals surface area contributed by atoms with E-state index >= 15 is 0 Å². The van der Waals surface area contributed by atoms with Crippen molar-refractivity contribution in [3.05, 3.63) is 11.6 Å². The smallest absolute Gasteiger partial charge is 0.550 e. The van der Waals surface area contributed by atoms with Crippen molar-refractivity contribution in [1.82, 2.24) is 0 Å². The van der Waals surface area contributed by atoms with E-state index in [1.165, 1.54) is 7.11 Å². The Hall–Kier alpha value is -0.0536. The van der Waals surface area contributed by atoms with Crippen LogP contribution < -0.4 is 56.5 Å². The van der Waals surface area contributed by atoms with Gasteiger partial charge in [0.2, 0.25) is 0 Å². The van der Waals surface area contributed by atoms with Crippen molar-refractivity contribution < 1.29 is 80.7 Å². The first-order valence-electron chi connectivity index (χ1n) is 11.3. The van der Waals surface area contributed by atoms with Crippen LogP contribution in [0.15, 0.2) is 11.6 Å². The van der Waals surface area contributed by atoms with Crippen LogP contribution in [-0.4, -0.2) is 35.5 Å². The number of rotatable bonds is 4. The monoisotopic (exact) mass is 456 g/mol. The fourth-order valence-electron chi connectivity index (χ4n) is 7.79. The Labute approximate surface area is 227 Å². The molecule has 0 aromatic carbocycles. The number of hydrogen-bond donors (Lipinski definition) is 1. The van der Waals surface area contributed by atoms with Crippen LogP contribution in [0.4, 0.5) is 0 Å². The third-order valence-electron chi connectivity index (χ3n) is 9.58. The maximum absolute atomic E-state index is 12.9. The molecule has 3 saturated carbocycles. The van der Waals surface area contributed by atoms with Crippen molar-refractivity contribution in [3.63, 3.8) is 0 Å². The van der Waals surface area contributed by atoms with Crippen LogP contribution in [0.3, 0.4) is 0 Å². The van der Waals surface area contributed by atoms with E-state index in [0.717, 1.165) is 31.3 Å². The molecule has 0 saturated heterocycles. The van der Waals surface area contributed by atoms with Crippen LogP contribution in [0.1, 0.15) is 71.6 Å². The first-order valence-corrected chi connectivity index (χ1v) is 11.3. The Kier molecular flexibility index (Phi) is 7.38. The summed E-state index contributed by atoms with van der Waals surface area (Å²) in [6.45, 7) is 4.33. The van der Waals surface area contributed by atoms with E-state index in [0.29, 0.717) is 19.3 Å². The molecule has 0 amide bonds. The summed E-state index contributed by atoms with van der Waals surface area (Å²) < 4.78 is 5.19. The number of hydrogen-bond acceptors (Lipinski definition) is 6. The van der Waals surface area contributed by atoms with Crippen molar-refractivity contribution in [3.8, 4) is 0 Å². The predicted octanol–water partition coefficient (Wildman–Crippen LogP) is -0.817. The molecule has 6 nitrogen and oxygen atoms in total. The number of carboxylic acids is 1. The van der Waals surface area contributed by atoms with Gasteiger partial charge < -0.3 is 19.7 Å². The average Bonchev–Trinajstić information content (AvgIpc) is 2.97. The summed E-state index contributed by atoms with van der Waals surface area (Å²) in [5, 5.41) is 22.6. The maximum Gasteiger partial charge on any atom is 1.00 e. The van der Waals surface area contributed by atoms with Crippen LogP contribution in [0.5, 0.6) is 0 Å². The topological polar surface area (TPSA) is 104 Å². The fraction of sp³-hybridized carbons (Fsp3) is 0.792. The normalized spacial score (nSPS) is 43.6. The van der Waals surface area contributed by atoms with Crippen molar-refractivity contribution in [2.45, 2.75) is 77.2 Å². The van der Waals surface area contributed by atoms with Crippen molar-refractivity contribution >= 4 is 17.7 Å². The maximum atomic E-state index is 12.9. The van der Waals surface area contributed by atoms with E-state index in [-0.39, 0.29) is 105 Å². The molecule has 166 valence electrons. The van der Waals surface area contributed by atoms with Crippen LogP contribution in [0.2, 0.25) is 0 Å². The molecule has 3 fully saturated rings. The molecule has 0 aromatic heterocycles. The van der Waals surface area contributed by atoms with E-state index < -0.39 is 17.0 Å². The number of methoxy groups -OCH3 is 1. The van der Waals surface area contributed by atoms with E-state index in [9.17, 15) is 24.6 Å². The Morgan fingerprint density at radius 3 is 2.52 bits per heavy atom. The summed E-state index contributed by atoms with van der Waals surface area (Å²) in [5.41, 5.74) is -0.499. The van der Waals surface area contributed by atoms with Crippen LogP contribution in [0, 0.1) is 34.5 Å². The summed E-state index contributed by atoms with van der Waals surface area (Å²) in [4.78, 5) is 36.1. The summed E-state index contributed by atoms with van der Waals surface area (Å²) in [7, 11) is 1.42. The van der Waals surface area contributed by atoms with Crippen LogP contribution in [-0.2, 0) is 19.1 Å². The van der Waals surface area contributed by atoms with Gasteiger partial charge in [0.15, 0.2) is 5.78 Å². The third-order valence-corrected chi connectivity index (χ3v) is 9.58. The zero-order valence-electron chi connectivity index (χ0n) is 19.2. The van der Waals surface area contributed by atoms with Gasteiger partial charge in [0.05, 0.1) is 18.6 Å². The number of carbonyl (C=O) groups excluding carboxylic acids is 3. The molecule has 4 aliphatic carbocycles. The van der Waals surface area contributed by atoms with Crippen molar-refractivity contribution in [2.24, 2.45) is 34.5 Å². The number of esters is 1. The molecule has 7 heteroatoms. The number of aliphatic hydroxyl groups is 1. The third kappa shape index (κ3) is 3.95. The summed E-state index contributed by atoms with van der Waals surface area (Å²) in [6, 6.07) is 0. The number of carbonyl (C=O) groups is 3. The van der Waals surface area contributed by atoms with E-state index in [4.69, 9.17) is 4.74 Å². The van der Waals surface area contributed by atoms with Gasteiger partial charge in [0.1, 0.15) is 0 Å². The minimum Gasteiger partial charge on any atom is -0.550 e. The molecule has 0 radical (unpaired) electrons. The number of fused-ring (bicyclic) bond motifs is 5. The second-order valence-corrected chi connectivity index (χ2v) is 10.6. The second kappa shape index (κ2) is 8.95. The first kappa shape index (κ1) is 25.6. The van der Waals surface area contributed by atoms with Gasteiger partial charge in [0, 0.05) is 12.4 Å². The summed E-state index contributed by atoms with van der Waals surface area (Å²) in [6.07, 6.45) is 6.70. The second-order valence-electron chi connectivity index (χ2n) is 10.6. The van der Waals surface area contributed by atoms with Gasteiger partial charge >= 0.3 is 57.4 Å². The molecule has 0 heterocycles. The van der Waals surface area contributed by atoms with Gasteiger partial charge in [-0.2, -0.15) is 0 Å². The summed E-state index contributed by atoms with van der Waals surface area (Å²) >= 11 is 0. The van der Waals surface area contributed by atoms with Crippen LogP contribution >= 0.6 is 0 Å². The molecule has 0 unspecified atom stereocenters. The Morgan fingerprint density at radius 2 is 1.87 bits per heavy atom. The number of aliphatic carboxylic acids is 1. The van der Waals surface area contributed by atoms with Gasteiger partial charge in [-0.05, 0) is 86.0 Å². The predicted molar refractivity (Wildman–Crippen MR) is 107 cm³/mol. The van der Waals surface area contributed by atoms with E-state index in [1.54, 1.807) is 6.08 Å². The molecule has 7 atom stereocenters. The molecule has 4 rings (SSSR count). The Balaban J connectivity index is 0.00000272. The molecule has 1 N–H and O–H groups in total. The SMILES string of the molecule is COC(=O)[C@@H]1CC2=CC(=O)CC[C@]2(C)[C@H]2CC[C@@]3(C)[C@@H](CC[C@@]3(O)CCC(=O)[O-])[C@H]12.[K+]. The van der Waals surface area contributed by atoms with Crippen molar-refractivity contribution in [2.75, 3.05) is 7.11 Å². The van der Waals surface area contributed by atoms with Crippen LogP contribution in [0.25, 0.3) is 0 Å². The molecule has 0 bridgehead atoms. The zero-order valence-corrected chi connectivity index (χ0v) is 22.4. The molecular formula is C24H33KO6. The van der Waals surface area contributed by atoms with Gasteiger partial charge in [-0.15, -0.1) is 0 Å². The van der Waals surface area contributed by atoms with E-state index in [2.05, 4.69) is 13.8 Å². The molecular weight excluding hydrogens is 423 g/mol. The first-order chi connectivity index (χ1) is 14.1. The van der Waals surface area contributed by atoms with Gasteiger partial charge in [-0.3, -0.25) is 9.59 Å². The average molecular weight is 457 g/mol.